The fourth-order valence-corrected chi connectivity index (χ4v) is 4.66. The summed E-state index contributed by atoms with van der Waals surface area (Å²) in [6, 6.07) is 19.9. The predicted octanol–water partition coefficient (Wildman–Crippen LogP) is 3.70. The average Bonchev–Trinajstić information content (AvgIpc) is 3.44. The minimum atomic E-state index is -0.913. The summed E-state index contributed by atoms with van der Waals surface area (Å²) in [6.07, 6.45) is 2.98. The fourth-order valence-electron chi connectivity index (χ4n) is 4.66. The van der Waals surface area contributed by atoms with Crippen molar-refractivity contribution >= 4 is 45.7 Å². The van der Waals surface area contributed by atoms with Crippen LogP contribution in [0.3, 0.4) is 0 Å². The predicted molar refractivity (Wildman–Crippen MR) is 166 cm³/mol. The van der Waals surface area contributed by atoms with Crippen molar-refractivity contribution in [3.05, 3.63) is 96.3 Å². The summed E-state index contributed by atoms with van der Waals surface area (Å²) in [7, 11) is 1.63. The molecule has 0 saturated heterocycles. The number of ether oxygens (including phenoxy) is 1. The first-order valence-corrected chi connectivity index (χ1v) is 13.9. The maximum Gasteiger partial charge on any atom is 0.267 e. The number of allylic oxidation sites excluding steroid dienone is 1. The molecule has 220 valence electrons. The molecule has 11 nitrogen and oxygen atoms in total. The number of fused-ring (bicyclic) bond motifs is 2. The molecule has 0 radical (unpaired) electrons. The highest BCUT2D eigenvalue weighted by Gasteiger charge is 2.31. The number of aromatic nitrogens is 2. The van der Waals surface area contributed by atoms with Crippen LogP contribution in [0, 0.1) is 0 Å². The number of hydrogen-bond acceptors (Lipinski definition) is 7. The Bertz CT molecular complexity index is 1700. The lowest BCUT2D eigenvalue weighted by atomic mass is 10.1. The number of rotatable bonds is 10. The van der Waals surface area contributed by atoms with E-state index in [1.54, 1.807) is 26.2 Å². The molecule has 0 saturated carbocycles. The molecule has 0 spiro atoms. The lowest BCUT2D eigenvalue weighted by molar-refractivity contribution is -0.124. The van der Waals surface area contributed by atoms with Gasteiger partial charge in [0.15, 0.2) is 0 Å². The molecule has 5 rings (SSSR count). The first-order valence-electron chi connectivity index (χ1n) is 13.9. The summed E-state index contributed by atoms with van der Waals surface area (Å²) < 4.78 is 5.90. The maximum atomic E-state index is 13.3. The van der Waals surface area contributed by atoms with Gasteiger partial charge in [-0.1, -0.05) is 43.0 Å². The number of carbonyl (C=O) groups excluding carboxylic acids is 3. The van der Waals surface area contributed by atoms with Gasteiger partial charge in [-0.05, 0) is 54.8 Å². The first-order chi connectivity index (χ1) is 20.8. The topological polar surface area (TPSA) is 141 Å². The van der Waals surface area contributed by atoms with Gasteiger partial charge in [-0.3, -0.25) is 24.9 Å². The third kappa shape index (κ3) is 7.25. The molecule has 4 aromatic rings. The van der Waals surface area contributed by atoms with Gasteiger partial charge in [0.1, 0.15) is 24.1 Å². The largest absolute Gasteiger partial charge is 0.489 e. The molecular weight excluding hydrogens is 546 g/mol. The maximum absolute atomic E-state index is 13.3. The van der Waals surface area contributed by atoms with Crippen LogP contribution in [0.15, 0.2) is 90.3 Å². The third-order valence-electron chi connectivity index (χ3n) is 7.06. The van der Waals surface area contributed by atoms with Crippen molar-refractivity contribution in [1.82, 2.24) is 20.9 Å². The lowest BCUT2D eigenvalue weighted by Gasteiger charge is -2.21. The van der Waals surface area contributed by atoms with Crippen molar-refractivity contribution in [3.63, 3.8) is 0 Å². The number of aryl methyl sites for hydroxylation is 1. The van der Waals surface area contributed by atoms with E-state index in [1.807, 2.05) is 60.7 Å². The van der Waals surface area contributed by atoms with Crippen LogP contribution in [-0.4, -0.2) is 53.3 Å². The Hall–Kier alpha value is -5.45. The molecule has 3 amide bonds. The smallest absolute Gasteiger partial charge is 0.267 e. The van der Waals surface area contributed by atoms with Crippen LogP contribution in [0.1, 0.15) is 24.5 Å². The molecule has 2 heterocycles. The van der Waals surface area contributed by atoms with Crippen LogP contribution < -0.4 is 25.7 Å². The molecule has 0 fully saturated rings. The van der Waals surface area contributed by atoms with Gasteiger partial charge < -0.3 is 20.3 Å². The highest BCUT2D eigenvalue weighted by molar-refractivity contribution is 6.38. The number of hydrogen-bond donors (Lipinski definition) is 4. The van der Waals surface area contributed by atoms with E-state index in [0.717, 1.165) is 22.0 Å². The van der Waals surface area contributed by atoms with Gasteiger partial charge in [0.05, 0.1) is 17.4 Å². The number of carbonyl (C=O) groups is 3. The van der Waals surface area contributed by atoms with Crippen molar-refractivity contribution in [2.45, 2.75) is 32.2 Å². The number of aromatic amines is 1. The average molecular weight is 580 g/mol. The van der Waals surface area contributed by atoms with Crippen molar-refractivity contribution < 1.29 is 19.1 Å². The summed E-state index contributed by atoms with van der Waals surface area (Å²) in [4.78, 5) is 40.2. The minimum absolute atomic E-state index is 0.0356. The summed E-state index contributed by atoms with van der Waals surface area (Å²) in [6.45, 7) is 5.47. The second kappa shape index (κ2) is 13.0. The Labute approximate surface area is 249 Å². The van der Waals surface area contributed by atoms with Crippen LogP contribution in [0.5, 0.6) is 5.75 Å². The number of amides is 3. The monoisotopic (exact) mass is 579 g/mol. The Balaban J connectivity index is 1.15. The zero-order valence-electron chi connectivity index (χ0n) is 24.0. The molecule has 1 atom stereocenters. The number of benzene rings is 3. The number of H-pyrrole nitrogens is 1. The first kappa shape index (κ1) is 29.1. The second-order valence-corrected chi connectivity index (χ2v) is 10.3. The zero-order valence-corrected chi connectivity index (χ0v) is 24.0. The van der Waals surface area contributed by atoms with Gasteiger partial charge in [0.2, 0.25) is 5.91 Å². The van der Waals surface area contributed by atoms with E-state index in [4.69, 9.17) is 4.74 Å². The highest BCUT2D eigenvalue weighted by Crippen LogP contribution is 2.32. The van der Waals surface area contributed by atoms with Crippen molar-refractivity contribution in [2.75, 3.05) is 23.9 Å². The molecule has 0 unspecified atom stereocenters. The summed E-state index contributed by atoms with van der Waals surface area (Å²) >= 11 is 0. The molecule has 11 heteroatoms. The van der Waals surface area contributed by atoms with E-state index in [1.165, 1.54) is 4.90 Å². The van der Waals surface area contributed by atoms with E-state index in [-0.39, 0.29) is 30.6 Å². The van der Waals surface area contributed by atoms with Crippen LogP contribution in [0.25, 0.3) is 10.9 Å². The quantitative estimate of drug-likeness (QED) is 0.167. The van der Waals surface area contributed by atoms with E-state index in [2.05, 4.69) is 37.9 Å². The van der Waals surface area contributed by atoms with Crippen molar-refractivity contribution in [1.29, 1.82) is 0 Å². The van der Waals surface area contributed by atoms with Crippen molar-refractivity contribution in [3.8, 4) is 5.75 Å². The number of nitrogens with zero attached hydrogens (tertiary/aromatic N) is 3. The Morgan fingerprint density at radius 3 is 2.74 bits per heavy atom. The van der Waals surface area contributed by atoms with Crippen LogP contribution in [0.2, 0.25) is 0 Å². The second-order valence-electron chi connectivity index (χ2n) is 10.3. The van der Waals surface area contributed by atoms with E-state index in [9.17, 15) is 14.4 Å². The van der Waals surface area contributed by atoms with E-state index < -0.39 is 11.9 Å². The molecule has 3 aromatic carbocycles. The molecule has 0 aliphatic carbocycles. The Kier molecular flexibility index (Phi) is 8.80. The third-order valence-corrected chi connectivity index (χ3v) is 7.06. The van der Waals surface area contributed by atoms with Gasteiger partial charge in [-0.25, -0.2) is 0 Å². The molecular formula is C32H33N7O4. The molecule has 1 aliphatic rings. The molecule has 4 N–H and O–H groups in total. The van der Waals surface area contributed by atoms with Crippen molar-refractivity contribution in [2.24, 2.45) is 5.10 Å². The van der Waals surface area contributed by atoms with E-state index in [0.29, 0.717) is 35.7 Å². The number of nitrogens with one attached hydrogen (secondary N) is 4. The van der Waals surface area contributed by atoms with Gasteiger partial charge in [0, 0.05) is 36.7 Å². The highest BCUT2D eigenvalue weighted by atomic mass is 16.5. The molecule has 1 aromatic heterocycles. The number of anilines is 2. The summed E-state index contributed by atoms with van der Waals surface area (Å²) in [5.41, 5.74) is 7.69. The summed E-state index contributed by atoms with van der Waals surface area (Å²) in [5.74, 6) is -0.444. The van der Waals surface area contributed by atoms with Gasteiger partial charge >= 0.3 is 0 Å². The SMILES string of the molecule is C=C(Cc1ccccc1)N/N=C(\C)C(=O)N[C@H]1COc2ccc(CCC(=O)Nc3ccc4[nH]ncc4c3)cc2N(C)C1=O. The van der Waals surface area contributed by atoms with E-state index >= 15 is 0 Å². The molecule has 0 bridgehead atoms. The lowest BCUT2D eigenvalue weighted by Crippen LogP contribution is -2.51. The van der Waals surface area contributed by atoms with Gasteiger partial charge in [0.25, 0.3) is 11.8 Å². The number of likely N-dealkylation sites (N-methyl/N-ethyl adjacent to an activating group) is 1. The zero-order chi connectivity index (χ0) is 30.3. The van der Waals surface area contributed by atoms with Gasteiger partial charge in [-0.15, -0.1) is 0 Å². The standard InChI is InChI=1S/C32H33N7O4/c1-20(15-22-7-5-4-6-8-22)36-37-21(2)31(41)35-27-19-43-29-13-9-23(16-28(29)39(3)32(27)42)10-14-30(40)34-25-11-12-26-24(17-25)18-33-38-26/h4-9,11-13,16-18,27,36H,1,10,14-15,19H2,2-3H3,(H,33,38)(H,34,40)(H,35,41)/b37-21+/t27-/m0/s1. The Morgan fingerprint density at radius 2 is 1.93 bits per heavy atom. The molecule has 1 aliphatic heterocycles. The number of hydrazone groups is 1. The normalized spacial score (nSPS) is 14.8. The fraction of sp³-hybridized carbons (Fsp3) is 0.219. The Morgan fingerprint density at radius 1 is 1.12 bits per heavy atom. The minimum Gasteiger partial charge on any atom is -0.489 e. The summed E-state index contributed by atoms with van der Waals surface area (Å²) in [5, 5.41) is 17.5. The van der Waals surface area contributed by atoms with Crippen LogP contribution in [-0.2, 0) is 27.2 Å². The van der Waals surface area contributed by atoms with Crippen LogP contribution in [0.4, 0.5) is 11.4 Å². The molecule has 43 heavy (non-hydrogen) atoms. The van der Waals surface area contributed by atoms with Crippen LogP contribution >= 0.6 is 0 Å². The van der Waals surface area contributed by atoms with Gasteiger partial charge in [-0.2, -0.15) is 10.2 Å².